The normalized spacial score (nSPS) is 12.8. The highest BCUT2D eigenvalue weighted by atomic mass is 16.4. The Balaban J connectivity index is 2.13. The SMILES string of the molecule is NCc1ccc2c(c1)C(=O)c1ccc(CC(=O)O)cc1C2=O. The van der Waals surface area contributed by atoms with Gasteiger partial charge in [0.25, 0.3) is 0 Å². The van der Waals surface area contributed by atoms with Crippen molar-refractivity contribution in [2.75, 3.05) is 0 Å². The Hall–Kier alpha value is -2.79. The minimum atomic E-state index is -0.984. The van der Waals surface area contributed by atoms with Crippen molar-refractivity contribution >= 4 is 17.5 Å². The van der Waals surface area contributed by atoms with Crippen LogP contribution in [0.4, 0.5) is 0 Å². The third-order valence-corrected chi connectivity index (χ3v) is 3.74. The van der Waals surface area contributed by atoms with E-state index in [1.165, 1.54) is 12.1 Å². The molecule has 0 radical (unpaired) electrons. The van der Waals surface area contributed by atoms with E-state index in [2.05, 4.69) is 0 Å². The number of nitrogens with two attached hydrogens (primary N) is 1. The largest absolute Gasteiger partial charge is 0.481 e. The van der Waals surface area contributed by atoms with Gasteiger partial charge in [-0.3, -0.25) is 14.4 Å². The summed E-state index contributed by atoms with van der Waals surface area (Å²) in [6, 6.07) is 9.54. The van der Waals surface area contributed by atoms with Crippen molar-refractivity contribution in [2.24, 2.45) is 5.73 Å². The lowest BCUT2D eigenvalue weighted by atomic mass is 9.82. The Morgan fingerprint density at radius 3 is 1.86 bits per heavy atom. The summed E-state index contributed by atoms with van der Waals surface area (Å²) in [6.45, 7) is 0.291. The van der Waals surface area contributed by atoms with Gasteiger partial charge in [0.05, 0.1) is 6.42 Å². The summed E-state index contributed by atoms with van der Waals surface area (Å²) in [7, 11) is 0. The molecule has 2 aromatic rings. The van der Waals surface area contributed by atoms with E-state index >= 15 is 0 Å². The van der Waals surface area contributed by atoms with Crippen LogP contribution in [0.1, 0.15) is 43.0 Å². The number of benzene rings is 2. The molecule has 2 aromatic carbocycles. The maximum atomic E-state index is 12.6. The predicted octanol–water partition coefficient (Wildman–Crippen LogP) is 1.55. The first-order valence-electron chi connectivity index (χ1n) is 6.78. The van der Waals surface area contributed by atoms with E-state index in [4.69, 9.17) is 10.8 Å². The van der Waals surface area contributed by atoms with Gasteiger partial charge in [0.1, 0.15) is 0 Å². The molecule has 3 N–H and O–H groups in total. The first-order valence-corrected chi connectivity index (χ1v) is 6.78. The lowest BCUT2D eigenvalue weighted by molar-refractivity contribution is -0.136. The summed E-state index contributed by atoms with van der Waals surface area (Å²) in [5, 5.41) is 8.84. The van der Waals surface area contributed by atoms with Crippen molar-refractivity contribution < 1.29 is 19.5 Å². The van der Waals surface area contributed by atoms with Crippen molar-refractivity contribution in [3.8, 4) is 0 Å². The summed E-state index contributed by atoms with van der Waals surface area (Å²) in [5.74, 6) is -1.48. The minimum Gasteiger partial charge on any atom is -0.481 e. The Morgan fingerprint density at radius 1 is 0.864 bits per heavy atom. The van der Waals surface area contributed by atoms with Gasteiger partial charge in [-0.25, -0.2) is 0 Å². The van der Waals surface area contributed by atoms with Gasteiger partial charge in [-0.15, -0.1) is 0 Å². The van der Waals surface area contributed by atoms with Gasteiger partial charge in [-0.1, -0.05) is 18.2 Å². The second-order valence-electron chi connectivity index (χ2n) is 5.19. The van der Waals surface area contributed by atoms with Crippen LogP contribution in [0.2, 0.25) is 0 Å². The maximum Gasteiger partial charge on any atom is 0.307 e. The number of aliphatic carboxylic acids is 1. The zero-order valence-electron chi connectivity index (χ0n) is 11.6. The molecule has 5 heteroatoms. The average molecular weight is 295 g/mol. The molecule has 0 heterocycles. The number of rotatable bonds is 3. The smallest absolute Gasteiger partial charge is 0.307 e. The summed E-state index contributed by atoms with van der Waals surface area (Å²) in [5.41, 5.74) is 8.11. The van der Waals surface area contributed by atoms with Gasteiger partial charge in [0.2, 0.25) is 0 Å². The van der Waals surface area contributed by atoms with Crippen molar-refractivity contribution in [1.29, 1.82) is 0 Å². The highest BCUT2D eigenvalue weighted by Crippen LogP contribution is 2.28. The zero-order chi connectivity index (χ0) is 15.9. The summed E-state index contributed by atoms with van der Waals surface area (Å²) < 4.78 is 0. The van der Waals surface area contributed by atoms with Crippen LogP contribution in [0.25, 0.3) is 0 Å². The van der Waals surface area contributed by atoms with Crippen molar-refractivity contribution in [3.63, 3.8) is 0 Å². The number of ketones is 2. The summed E-state index contributed by atoms with van der Waals surface area (Å²) >= 11 is 0. The van der Waals surface area contributed by atoms with Crippen LogP contribution in [-0.4, -0.2) is 22.6 Å². The number of carboxylic acids is 1. The molecule has 0 saturated carbocycles. The fourth-order valence-corrected chi connectivity index (χ4v) is 2.66. The Labute approximate surface area is 126 Å². The molecule has 0 atom stereocenters. The quantitative estimate of drug-likeness (QED) is 0.764. The Morgan fingerprint density at radius 2 is 1.36 bits per heavy atom. The van der Waals surface area contributed by atoms with E-state index in [1.54, 1.807) is 24.3 Å². The van der Waals surface area contributed by atoms with Crippen LogP contribution in [0, 0.1) is 0 Å². The molecule has 0 unspecified atom stereocenters. The van der Waals surface area contributed by atoms with Gasteiger partial charge >= 0.3 is 5.97 Å². The van der Waals surface area contributed by atoms with Gasteiger partial charge in [-0.05, 0) is 29.3 Å². The molecule has 0 aliphatic heterocycles. The monoisotopic (exact) mass is 295 g/mol. The predicted molar refractivity (Wildman–Crippen MR) is 79.0 cm³/mol. The van der Waals surface area contributed by atoms with Crippen LogP contribution in [0.3, 0.4) is 0 Å². The molecule has 22 heavy (non-hydrogen) atoms. The van der Waals surface area contributed by atoms with E-state index < -0.39 is 5.97 Å². The van der Waals surface area contributed by atoms with Crippen LogP contribution in [0.5, 0.6) is 0 Å². The van der Waals surface area contributed by atoms with Crippen molar-refractivity contribution in [2.45, 2.75) is 13.0 Å². The lowest BCUT2D eigenvalue weighted by Crippen LogP contribution is -2.22. The maximum absolute atomic E-state index is 12.6. The van der Waals surface area contributed by atoms with E-state index in [0.717, 1.165) is 5.56 Å². The molecular formula is C17H13NO4. The number of hydrogen-bond donors (Lipinski definition) is 2. The molecule has 1 aliphatic carbocycles. The second kappa shape index (κ2) is 5.20. The van der Waals surface area contributed by atoms with E-state index in [-0.39, 0.29) is 23.6 Å². The highest BCUT2D eigenvalue weighted by molar-refractivity contribution is 6.28. The number of carboxylic acid groups (broad SMARTS) is 1. The molecule has 0 aromatic heterocycles. The standard InChI is InChI=1S/C17H13NO4/c18-8-10-2-4-12-14(6-10)17(22)11-3-1-9(7-15(19)20)5-13(11)16(12)21/h1-6H,7-8,18H2,(H,19,20). The van der Waals surface area contributed by atoms with E-state index in [1.807, 2.05) is 0 Å². The molecular weight excluding hydrogens is 282 g/mol. The Kier molecular flexibility index (Phi) is 3.35. The molecule has 0 amide bonds. The van der Waals surface area contributed by atoms with Crippen LogP contribution in [-0.2, 0) is 17.8 Å². The summed E-state index contributed by atoms with van der Waals surface area (Å²) in [6.07, 6.45) is -0.187. The number of hydrogen-bond acceptors (Lipinski definition) is 4. The molecule has 0 bridgehead atoms. The summed E-state index contributed by atoms with van der Waals surface area (Å²) in [4.78, 5) is 35.9. The number of fused-ring (bicyclic) bond motifs is 2. The molecule has 0 saturated heterocycles. The molecule has 3 rings (SSSR count). The number of carbonyl (C=O) groups is 3. The molecule has 0 spiro atoms. The first kappa shape index (κ1) is 14.2. The van der Waals surface area contributed by atoms with E-state index in [9.17, 15) is 14.4 Å². The molecule has 5 nitrogen and oxygen atoms in total. The van der Waals surface area contributed by atoms with Crippen LogP contribution >= 0.6 is 0 Å². The highest BCUT2D eigenvalue weighted by Gasteiger charge is 2.29. The third kappa shape index (κ3) is 2.21. The van der Waals surface area contributed by atoms with Gasteiger partial charge in [0, 0.05) is 28.8 Å². The Bertz CT molecular complexity index is 823. The molecule has 1 aliphatic rings. The van der Waals surface area contributed by atoms with Gasteiger partial charge in [-0.2, -0.15) is 0 Å². The second-order valence-corrected chi connectivity index (χ2v) is 5.19. The van der Waals surface area contributed by atoms with Gasteiger partial charge in [0.15, 0.2) is 11.6 Å². The third-order valence-electron chi connectivity index (χ3n) is 3.74. The number of carbonyl (C=O) groups excluding carboxylic acids is 2. The molecule has 0 fully saturated rings. The zero-order valence-corrected chi connectivity index (χ0v) is 11.6. The van der Waals surface area contributed by atoms with Crippen molar-refractivity contribution in [1.82, 2.24) is 0 Å². The lowest BCUT2D eigenvalue weighted by Gasteiger charge is -2.18. The van der Waals surface area contributed by atoms with Crippen LogP contribution in [0.15, 0.2) is 36.4 Å². The van der Waals surface area contributed by atoms with E-state index in [0.29, 0.717) is 28.8 Å². The molecule has 110 valence electrons. The minimum absolute atomic E-state index is 0.187. The topological polar surface area (TPSA) is 97.5 Å². The average Bonchev–Trinajstić information content (AvgIpc) is 2.51. The van der Waals surface area contributed by atoms with Crippen molar-refractivity contribution in [3.05, 3.63) is 69.8 Å². The van der Waals surface area contributed by atoms with Gasteiger partial charge < -0.3 is 10.8 Å². The van der Waals surface area contributed by atoms with Crippen LogP contribution < -0.4 is 5.73 Å². The first-order chi connectivity index (χ1) is 10.5. The fraction of sp³-hybridized carbons (Fsp3) is 0.118. The fourth-order valence-electron chi connectivity index (χ4n) is 2.66.